The molecular formula is C8H16O. The fourth-order valence-electron chi connectivity index (χ4n) is 0.905. The van der Waals surface area contributed by atoms with Gasteiger partial charge in [-0.2, -0.15) is 0 Å². The van der Waals surface area contributed by atoms with Crippen LogP contribution < -0.4 is 0 Å². The van der Waals surface area contributed by atoms with Crippen LogP contribution in [0, 0.1) is 5.92 Å². The Morgan fingerprint density at radius 3 is 2.44 bits per heavy atom. The first-order valence-electron chi connectivity index (χ1n) is 3.51. The van der Waals surface area contributed by atoms with Gasteiger partial charge in [0, 0.05) is 13.2 Å². The Kier molecular flexibility index (Phi) is 5.64. The average Bonchev–Trinajstić information content (AvgIpc) is 2.43. The van der Waals surface area contributed by atoms with Gasteiger partial charge in [-0.05, 0) is 12.3 Å². The lowest BCUT2D eigenvalue weighted by Crippen LogP contribution is -1.94. The lowest BCUT2D eigenvalue weighted by molar-refractivity contribution is 0.185. The molecule has 0 aromatic rings. The highest BCUT2D eigenvalue weighted by atomic mass is 16.5. The predicted octanol–water partition coefficient (Wildman–Crippen LogP) is 2.24. The third-order valence-corrected chi connectivity index (χ3v) is 1.60. The van der Waals surface area contributed by atoms with Crippen LogP contribution in [-0.4, -0.2) is 13.2 Å². The maximum Gasteiger partial charge on any atom is 0.0495 e. The minimum Gasteiger partial charge on any atom is -0.381 e. The van der Waals surface area contributed by atoms with Gasteiger partial charge < -0.3 is 4.74 Å². The largest absolute Gasteiger partial charge is 0.381 e. The van der Waals surface area contributed by atoms with Gasteiger partial charge in [0.2, 0.25) is 0 Å². The van der Waals surface area contributed by atoms with Gasteiger partial charge in [-0.25, -0.2) is 0 Å². The molecule has 0 amide bonds. The zero-order valence-electron chi connectivity index (χ0n) is 6.23. The molecule has 1 nitrogen and oxygen atoms in total. The summed E-state index contributed by atoms with van der Waals surface area (Å²) in [5, 5.41) is 0. The highest BCUT2D eigenvalue weighted by molar-refractivity contribution is 4.60. The van der Waals surface area contributed by atoms with Crippen LogP contribution in [0.1, 0.15) is 19.8 Å². The Morgan fingerprint density at radius 2 is 2.22 bits per heavy atom. The minimum atomic E-state index is 0.875. The van der Waals surface area contributed by atoms with Crippen molar-refractivity contribution in [3.05, 3.63) is 13.2 Å². The highest BCUT2D eigenvalue weighted by Crippen LogP contribution is 2.14. The molecule has 1 unspecified atom stereocenters. The van der Waals surface area contributed by atoms with Crippen LogP contribution in [-0.2, 0) is 4.74 Å². The summed E-state index contributed by atoms with van der Waals surface area (Å²) in [5.74, 6) is 0.875. The van der Waals surface area contributed by atoms with E-state index in [4.69, 9.17) is 4.74 Å². The lowest BCUT2D eigenvalue weighted by Gasteiger charge is -1.97. The van der Waals surface area contributed by atoms with E-state index in [0.29, 0.717) is 0 Å². The second-order valence-electron chi connectivity index (χ2n) is 2.14. The highest BCUT2D eigenvalue weighted by Gasteiger charge is 2.11. The Labute approximate surface area is 57.7 Å². The van der Waals surface area contributed by atoms with E-state index in [-0.39, 0.29) is 0 Å². The van der Waals surface area contributed by atoms with Crippen LogP contribution in [0.15, 0.2) is 13.2 Å². The number of rotatable bonds is 1. The molecule has 0 radical (unpaired) electrons. The molecule has 1 aliphatic heterocycles. The fourth-order valence-corrected chi connectivity index (χ4v) is 0.905. The summed E-state index contributed by atoms with van der Waals surface area (Å²) < 4.78 is 5.15. The van der Waals surface area contributed by atoms with Crippen molar-refractivity contribution < 1.29 is 4.74 Å². The Morgan fingerprint density at radius 1 is 1.56 bits per heavy atom. The van der Waals surface area contributed by atoms with Crippen molar-refractivity contribution in [3.63, 3.8) is 0 Å². The Bertz CT molecular complexity index is 55.6. The maximum absolute atomic E-state index is 5.15. The van der Waals surface area contributed by atoms with E-state index >= 15 is 0 Å². The second-order valence-corrected chi connectivity index (χ2v) is 2.14. The van der Waals surface area contributed by atoms with E-state index in [0.717, 1.165) is 19.1 Å². The molecule has 54 valence electrons. The van der Waals surface area contributed by atoms with Crippen LogP contribution in [0.2, 0.25) is 0 Å². The van der Waals surface area contributed by atoms with Crippen LogP contribution in [0.4, 0.5) is 0 Å². The van der Waals surface area contributed by atoms with Crippen LogP contribution in [0.5, 0.6) is 0 Å². The molecule has 1 heteroatoms. The molecule has 0 aromatic carbocycles. The van der Waals surface area contributed by atoms with E-state index in [1.807, 2.05) is 0 Å². The summed E-state index contributed by atoms with van der Waals surface area (Å²) in [7, 11) is 0. The van der Waals surface area contributed by atoms with Gasteiger partial charge in [0.1, 0.15) is 0 Å². The minimum absolute atomic E-state index is 0.875. The Hall–Kier alpha value is -0.300. The molecule has 1 heterocycles. The SMILES string of the molecule is C=C.CCC1CCOC1. The predicted molar refractivity (Wildman–Crippen MR) is 40.5 cm³/mol. The molecule has 0 saturated carbocycles. The fraction of sp³-hybridized carbons (Fsp3) is 0.750. The topological polar surface area (TPSA) is 9.23 Å². The summed E-state index contributed by atoms with van der Waals surface area (Å²) in [4.78, 5) is 0. The number of ether oxygens (including phenoxy) is 1. The van der Waals surface area contributed by atoms with Crippen molar-refractivity contribution in [2.24, 2.45) is 5.92 Å². The van der Waals surface area contributed by atoms with E-state index in [2.05, 4.69) is 20.1 Å². The molecule has 1 atom stereocenters. The molecule has 1 fully saturated rings. The third-order valence-electron chi connectivity index (χ3n) is 1.60. The smallest absolute Gasteiger partial charge is 0.0495 e. The van der Waals surface area contributed by atoms with Crippen LogP contribution in [0.3, 0.4) is 0 Å². The first-order valence-corrected chi connectivity index (χ1v) is 3.51. The van der Waals surface area contributed by atoms with Crippen LogP contribution >= 0.6 is 0 Å². The molecule has 0 N–H and O–H groups in total. The normalized spacial score (nSPS) is 24.8. The lowest BCUT2D eigenvalue weighted by atomic mass is 10.1. The molecule has 1 aliphatic rings. The van der Waals surface area contributed by atoms with E-state index in [1.165, 1.54) is 12.8 Å². The Balaban J connectivity index is 0.000000291. The van der Waals surface area contributed by atoms with Gasteiger partial charge in [-0.1, -0.05) is 13.3 Å². The zero-order chi connectivity index (χ0) is 7.11. The molecule has 0 spiro atoms. The van der Waals surface area contributed by atoms with E-state index < -0.39 is 0 Å². The molecular weight excluding hydrogens is 112 g/mol. The van der Waals surface area contributed by atoms with Gasteiger partial charge in [-0.15, -0.1) is 13.2 Å². The quantitative estimate of drug-likeness (QED) is 0.492. The van der Waals surface area contributed by atoms with E-state index in [9.17, 15) is 0 Å². The summed E-state index contributed by atoms with van der Waals surface area (Å²) >= 11 is 0. The number of hydrogen-bond acceptors (Lipinski definition) is 1. The summed E-state index contributed by atoms with van der Waals surface area (Å²) in [6, 6.07) is 0. The van der Waals surface area contributed by atoms with Crippen molar-refractivity contribution >= 4 is 0 Å². The molecule has 1 saturated heterocycles. The van der Waals surface area contributed by atoms with Gasteiger partial charge in [0.15, 0.2) is 0 Å². The van der Waals surface area contributed by atoms with E-state index in [1.54, 1.807) is 0 Å². The zero-order valence-corrected chi connectivity index (χ0v) is 6.23. The second kappa shape index (κ2) is 5.83. The van der Waals surface area contributed by atoms with Gasteiger partial charge >= 0.3 is 0 Å². The van der Waals surface area contributed by atoms with Crippen molar-refractivity contribution in [1.29, 1.82) is 0 Å². The monoisotopic (exact) mass is 128 g/mol. The molecule has 1 rings (SSSR count). The molecule has 0 bridgehead atoms. The van der Waals surface area contributed by atoms with Gasteiger partial charge in [0.25, 0.3) is 0 Å². The third kappa shape index (κ3) is 3.31. The van der Waals surface area contributed by atoms with Gasteiger partial charge in [0.05, 0.1) is 0 Å². The summed E-state index contributed by atoms with van der Waals surface area (Å²) in [6.45, 7) is 10.2. The van der Waals surface area contributed by atoms with Crippen molar-refractivity contribution in [1.82, 2.24) is 0 Å². The van der Waals surface area contributed by atoms with Gasteiger partial charge in [-0.3, -0.25) is 0 Å². The molecule has 9 heavy (non-hydrogen) atoms. The van der Waals surface area contributed by atoms with Crippen molar-refractivity contribution in [3.8, 4) is 0 Å². The number of hydrogen-bond donors (Lipinski definition) is 0. The van der Waals surface area contributed by atoms with Crippen molar-refractivity contribution in [2.45, 2.75) is 19.8 Å². The van der Waals surface area contributed by atoms with Crippen molar-refractivity contribution in [2.75, 3.05) is 13.2 Å². The summed E-state index contributed by atoms with van der Waals surface area (Å²) in [6.07, 6.45) is 2.58. The molecule has 0 aromatic heterocycles. The first-order chi connectivity index (χ1) is 4.43. The average molecular weight is 128 g/mol. The summed E-state index contributed by atoms with van der Waals surface area (Å²) in [5.41, 5.74) is 0. The molecule has 0 aliphatic carbocycles. The standard InChI is InChI=1S/C6H12O.C2H4/c1-2-6-3-4-7-5-6;1-2/h6H,2-5H2,1H3;1-2H2. The maximum atomic E-state index is 5.15. The van der Waals surface area contributed by atoms with Crippen LogP contribution in [0.25, 0.3) is 0 Å². The first kappa shape index (κ1) is 8.70.